The van der Waals surface area contributed by atoms with Gasteiger partial charge in [0.1, 0.15) is 0 Å². The van der Waals surface area contributed by atoms with Crippen molar-refractivity contribution in [3.8, 4) is 0 Å². The average molecular weight is 260 g/mol. The largest absolute Gasteiger partial charge is 0.394 e. The van der Waals surface area contributed by atoms with Gasteiger partial charge in [0.25, 0.3) is 0 Å². The number of aliphatic hydroxyl groups excluding tert-OH is 1. The minimum atomic E-state index is -0.106. The van der Waals surface area contributed by atoms with Gasteiger partial charge < -0.3 is 15.6 Å². The van der Waals surface area contributed by atoms with E-state index < -0.39 is 0 Å². The number of morpholine rings is 1. The molecular weight excluding hydrogens is 236 g/mol. The van der Waals surface area contributed by atoms with Crippen LogP contribution in [0.2, 0.25) is 0 Å². The molecule has 1 aliphatic rings. The molecule has 5 heteroatoms. The average Bonchev–Trinajstić information content (AvgIpc) is 2.25. The molecule has 0 aliphatic carbocycles. The molecule has 2 unspecified atom stereocenters. The van der Waals surface area contributed by atoms with E-state index in [1.807, 2.05) is 6.92 Å². The maximum atomic E-state index is 9.15. The molecule has 0 saturated carbocycles. The second kappa shape index (κ2) is 6.09. The monoisotopic (exact) mass is 260 g/mol. The second-order valence-corrected chi connectivity index (χ2v) is 5.95. The van der Waals surface area contributed by atoms with Crippen molar-refractivity contribution in [2.45, 2.75) is 39.4 Å². The quantitative estimate of drug-likeness (QED) is 0.715. The summed E-state index contributed by atoms with van der Waals surface area (Å²) in [6.45, 7) is 8.89. The van der Waals surface area contributed by atoms with Gasteiger partial charge in [-0.2, -0.15) is 0 Å². The molecule has 0 spiro atoms. The first kappa shape index (κ1) is 14.8. The molecule has 1 aliphatic heterocycles. The minimum Gasteiger partial charge on any atom is -0.394 e. The summed E-state index contributed by atoms with van der Waals surface area (Å²) in [4.78, 5) is 2.88. The summed E-state index contributed by atoms with van der Waals surface area (Å²) in [5.74, 6) is 0. The van der Waals surface area contributed by atoms with Gasteiger partial charge in [0.05, 0.1) is 23.8 Å². The highest BCUT2D eigenvalue weighted by atomic mass is 32.1. The van der Waals surface area contributed by atoms with Crippen LogP contribution in [0.1, 0.15) is 27.2 Å². The van der Waals surface area contributed by atoms with E-state index in [0.717, 1.165) is 26.1 Å². The fourth-order valence-corrected chi connectivity index (χ4v) is 2.09. The van der Waals surface area contributed by atoms with Crippen molar-refractivity contribution in [2.75, 3.05) is 26.2 Å². The third kappa shape index (κ3) is 4.50. The molecule has 100 valence electrons. The van der Waals surface area contributed by atoms with E-state index in [2.05, 4.69) is 18.7 Å². The first-order valence-electron chi connectivity index (χ1n) is 6.13. The molecule has 3 N–H and O–H groups in total. The van der Waals surface area contributed by atoms with Crippen LogP contribution in [0, 0.1) is 5.41 Å². The number of nitrogens with zero attached hydrogens (tertiary/aromatic N) is 1. The highest BCUT2D eigenvalue weighted by Crippen LogP contribution is 2.22. The van der Waals surface area contributed by atoms with E-state index >= 15 is 0 Å². The summed E-state index contributed by atoms with van der Waals surface area (Å²) in [7, 11) is 0. The number of hydrogen-bond acceptors (Lipinski definition) is 4. The highest BCUT2D eigenvalue weighted by Gasteiger charge is 2.27. The smallest absolute Gasteiger partial charge is 0.0936 e. The molecule has 0 amide bonds. The molecule has 17 heavy (non-hydrogen) atoms. The Morgan fingerprint density at radius 2 is 2.18 bits per heavy atom. The lowest BCUT2D eigenvalue weighted by Gasteiger charge is -2.37. The predicted molar refractivity (Wildman–Crippen MR) is 73.0 cm³/mol. The van der Waals surface area contributed by atoms with Gasteiger partial charge in [-0.3, -0.25) is 4.90 Å². The Morgan fingerprint density at radius 1 is 1.53 bits per heavy atom. The van der Waals surface area contributed by atoms with Crippen LogP contribution >= 0.6 is 12.2 Å². The summed E-state index contributed by atoms with van der Waals surface area (Å²) >= 11 is 5.06. The van der Waals surface area contributed by atoms with Crippen LogP contribution in [0.3, 0.4) is 0 Å². The van der Waals surface area contributed by atoms with Gasteiger partial charge in [0.15, 0.2) is 0 Å². The fourth-order valence-electron chi connectivity index (χ4n) is 1.98. The van der Waals surface area contributed by atoms with Crippen molar-refractivity contribution in [2.24, 2.45) is 11.1 Å². The number of thiocarbonyl (C=S) groups is 1. The van der Waals surface area contributed by atoms with Crippen LogP contribution in [0.15, 0.2) is 0 Å². The maximum absolute atomic E-state index is 9.15. The van der Waals surface area contributed by atoms with Crippen molar-refractivity contribution in [1.82, 2.24) is 4.90 Å². The molecule has 1 saturated heterocycles. The fraction of sp³-hybridized carbons (Fsp3) is 0.917. The van der Waals surface area contributed by atoms with Gasteiger partial charge in [-0.25, -0.2) is 0 Å². The van der Waals surface area contributed by atoms with Crippen molar-refractivity contribution in [3.63, 3.8) is 0 Å². The first-order chi connectivity index (χ1) is 7.85. The number of nitrogens with two attached hydrogens (primary N) is 1. The lowest BCUT2D eigenvalue weighted by atomic mass is 9.89. The maximum Gasteiger partial charge on any atom is 0.0936 e. The Hall–Kier alpha value is -0.230. The standard InChI is InChI=1S/C12H24N2O2S/c1-9-6-14(7-10(8-15)16-9)5-4-12(2,3)11(13)17/h9-10,15H,4-8H2,1-3H3,(H2,13,17). The third-order valence-electron chi connectivity index (χ3n) is 3.33. The van der Waals surface area contributed by atoms with Gasteiger partial charge in [0, 0.05) is 18.5 Å². The van der Waals surface area contributed by atoms with Crippen molar-refractivity contribution in [1.29, 1.82) is 0 Å². The summed E-state index contributed by atoms with van der Waals surface area (Å²) in [6, 6.07) is 0. The number of aliphatic hydroxyl groups is 1. The van der Waals surface area contributed by atoms with Crippen LogP contribution in [0.4, 0.5) is 0 Å². The van der Waals surface area contributed by atoms with Gasteiger partial charge in [-0.15, -0.1) is 0 Å². The van der Waals surface area contributed by atoms with Crippen LogP contribution in [-0.2, 0) is 4.74 Å². The Kier molecular flexibility index (Phi) is 5.31. The summed E-state index contributed by atoms with van der Waals surface area (Å²) in [5, 5.41) is 9.15. The molecule has 1 fully saturated rings. The molecule has 0 aromatic heterocycles. The summed E-state index contributed by atoms with van der Waals surface area (Å²) in [6.07, 6.45) is 1.05. The van der Waals surface area contributed by atoms with Crippen LogP contribution in [0.25, 0.3) is 0 Å². The Labute approximate surface area is 109 Å². The van der Waals surface area contributed by atoms with Gasteiger partial charge in [-0.05, 0) is 19.9 Å². The van der Waals surface area contributed by atoms with Crippen LogP contribution in [-0.4, -0.2) is 53.4 Å². The third-order valence-corrected chi connectivity index (χ3v) is 3.88. The summed E-state index contributed by atoms with van der Waals surface area (Å²) in [5.41, 5.74) is 5.61. The van der Waals surface area contributed by atoms with E-state index in [-0.39, 0.29) is 24.2 Å². The molecular formula is C12H24N2O2S. The van der Waals surface area contributed by atoms with Crippen molar-refractivity contribution in [3.05, 3.63) is 0 Å². The molecule has 0 aromatic rings. The van der Waals surface area contributed by atoms with E-state index in [9.17, 15) is 0 Å². The molecule has 4 nitrogen and oxygen atoms in total. The zero-order chi connectivity index (χ0) is 13.1. The topological polar surface area (TPSA) is 58.7 Å². The highest BCUT2D eigenvalue weighted by molar-refractivity contribution is 7.80. The normalized spacial score (nSPS) is 27.1. The first-order valence-corrected chi connectivity index (χ1v) is 6.54. The number of hydrogen-bond donors (Lipinski definition) is 2. The lowest BCUT2D eigenvalue weighted by molar-refractivity contribution is -0.0960. The van der Waals surface area contributed by atoms with E-state index in [1.165, 1.54) is 0 Å². The molecule has 2 atom stereocenters. The zero-order valence-corrected chi connectivity index (χ0v) is 11.8. The minimum absolute atomic E-state index is 0.0632. The predicted octanol–water partition coefficient (Wildman–Crippen LogP) is 0.770. The Bertz CT molecular complexity index is 271. The van der Waals surface area contributed by atoms with Crippen molar-refractivity contribution >= 4 is 17.2 Å². The SMILES string of the molecule is CC1CN(CCC(C)(C)C(N)=S)CC(CO)O1. The van der Waals surface area contributed by atoms with E-state index in [4.69, 9.17) is 27.8 Å². The van der Waals surface area contributed by atoms with Gasteiger partial charge in [0.2, 0.25) is 0 Å². The van der Waals surface area contributed by atoms with Crippen molar-refractivity contribution < 1.29 is 9.84 Å². The molecule has 1 heterocycles. The zero-order valence-electron chi connectivity index (χ0n) is 11.0. The molecule has 0 bridgehead atoms. The lowest BCUT2D eigenvalue weighted by Crippen LogP contribution is -2.49. The van der Waals surface area contributed by atoms with Crippen LogP contribution in [0.5, 0.6) is 0 Å². The van der Waals surface area contributed by atoms with Gasteiger partial charge in [-0.1, -0.05) is 26.1 Å². The number of rotatable bonds is 5. The number of ether oxygens (including phenoxy) is 1. The molecule has 0 aromatic carbocycles. The molecule has 1 rings (SSSR count). The summed E-state index contributed by atoms with van der Waals surface area (Å²) < 4.78 is 5.60. The Balaban J connectivity index is 2.43. The second-order valence-electron chi connectivity index (χ2n) is 5.51. The van der Waals surface area contributed by atoms with Gasteiger partial charge >= 0.3 is 0 Å². The Morgan fingerprint density at radius 3 is 2.71 bits per heavy atom. The van der Waals surface area contributed by atoms with E-state index in [0.29, 0.717) is 4.99 Å². The van der Waals surface area contributed by atoms with E-state index in [1.54, 1.807) is 0 Å². The van der Waals surface area contributed by atoms with Crippen LogP contribution < -0.4 is 5.73 Å². The molecule has 0 radical (unpaired) electrons.